The van der Waals surface area contributed by atoms with Crippen molar-refractivity contribution in [3.63, 3.8) is 0 Å². The molecule has 4 rings (SSSR count). The number of nitrogens with zero attached hydrogens (tertiary/aromatic N) is 4. The summed E-state index contributed by atoms with van der Waals surface area (Å²) < 4.78 is 5.23. The molecule has 1 aromatic carbocycles. The molecule has 1 aliphatic heterocycles. The average molecular weight is 280 g/mol. The summed E-state index contributed by atoms with van der Waals surface area (Å²) in [6, 6.07) is 10.7. The monoisotopic (exact) mass is 280 g/mol. The van der Waals surface area contributed by atoms with Crippen LogP contribution in [0.15, 0.2) is 41.2 Å². The first-order chi connectivity index (χ1) is 10.3. The minimum Gasteiger partial charge on any atom is -0.355 e. The standard InChI is InChI=1S/C16H16N4O/c1-11-14-15(17-10-18-16(14)21-19-11)20-8-7-13(9-20)12-5-3-2-4-6-12/h2-6,10,13H,7-9H2,1H3/t13-/m1/s1. The van der Waals surface area contributed by atoms with Gasteiger partial charge in [-0.3, -0.25) is 0 Å². The van der Waals surface area contributed by atoms with E-state index in [2.05, 4.69) is 50.4 Å². The van der Waals surface area contributed by atoms with Gasteiger partial charge in [-0.2, -0.15) is 4.98 Å². The third-order valence-electron chi connectivity index (χ3n) is 4.18. The number of rotatable bonds is 2. The Morgan fingerprint density at radius 3 is 2.90 bits per heavy atom. The average Bonchev–Trinajstić information content (AvgIpc) is 3.16. The van der Waals surface area contributed by atoms with Gasteiger partial charge in [-0.25, -0.2) is 4.98 Å². The molecule has 0 saturated carbocycles. The lowest BCUT2D eigenvalue weighted by molar-refractivity contribution is 0.442. The normalized spacial score (nSPS) is 18.5. The molecular formula is C16H16N4O. The maximum atomic E-state index is 5.23. The molecule has 1 saturated heterocycles. The van der Waals surface area contributed by atoms with E-state index >= 15 is 0 Å². The molecule has 0 spiro atoms. The third kappa shape index (κ3) is 2.05. The first kappa shape index (κ1) is 12.3. The van der Waals surface area contributed by atoms with Gasteiger partial charge in [0.15, 0.2) is 0 Å². The maximum Gasteiger partial charge on any atom is 0.263 e. The molecule has 0 aliphatic carbocycles. The molecule has 106 valence electrons. The molecule has 2 aromatic heterocycles. The van der Waals surface area contributed by atoms with Crippen LogP contribution in [0.4, 0.5) is 5.82 Å². The number of hydrogen-bond donors (Lipinski definition) is 0. The van der Waals surface area contributed by atoms with E-state index < -0.39 is 0 Å². The highest BCUT2D eigenvalue weighted by Crippen LogP contribution is 2.33. The summed E-state index contributed by atoms with van der Waals surface area (Å²) in [5.41, 5.74) is 2.82. The predicted molar refractivity (Wildman–Crippen MR) is 80.3 cm³/mol. The van der Waals surface area contributed by atoms with Crippen LogP contribution in [-0.4, -0.2) is 28.2 Å². The van der Waals surface area contributed by atoms with Gasteiger partial charge in [0, 0.05) is 19.0 Å². The number of benzene rings is 1. The van der Waals surface area contributed by atoms with Crippen molar-refractivity contribution in [2.45, 2.75) is 19.3 Å². The van der Waals surface area contributed by atoms with Gasteiger partial charge in [-0.15, -0.1) is 0 Å². The molecule has 1 atom stereocenters. The first-order valence-electron chi connectivity index (χ1n) is 7.20. The van der Waals surface area contributed by atoms with Crippen molar-refractivity contribution < 1.29 is 4.52 Å². The quantitative estimate of drug-likeness (QED) is 0.722. The fourth-order valence-corrected chi connectivity index (χ4v) is 3.09. The van der Waals surface area contributed by atoms with E-state index in [-0.39, 0.29) is 0 Å². The summed E-state index contributed by atoms with van der Waals surface area (Å²) in [5, 5.41) is 4.94. The fourth-order valence-electron chi connectivity index (χ4n) is 3.09. The van der Waals surface area contributed by atoms with E-state index in [0.717, 1.165) is 36.4 Å². The van der Waals surface area contributed by atoms with Crippen molar-refractivity contribution in [2.24, 2.45) is 0 Å². The summed E-state index contributed by atoms with van der Waals surface area (Å²) in [7, 11) is 0. The Morgan fingerprint density at radius 2 is 2.05 bits per heavy atom. The molecule has 3 heterocycles. The van der Waals surface area contributed by atoms with Crippen LogP contribution in [0.2, 0.25) is 0 Å². The lowest BCUT2D eigenvalue weighted by atomic mass is 9.99. The summed E-state index contributed by atoms with van der Waals surface area (Å²) in [5.74, 6) is 1.49. The zero-order valence-corrected chi connectivity index (χ0v) is 11.9. The predicted octanol–water partition coefficient (Wildman–Crippen LogP) is 2.92. The lowest BCUT2D eigenvalue weighted by Crippen LogP contribution is -2.20. The summed E-state index contributed by atoms with van der Waals surface area (Å²) in [4.78, 5) is 10.9. The second-order valence-corrected chi connectivity index (χ2v) is 5.49. The van der Waals surface area contributed by atoms with E-state index in [1.165, 1.54) is 5.56 Å². The minimum atomic E-state index is 0.552. The SMILES string of the molecule is Cc1noc2ncnc(N3CC[C@@H](c4ccccc4)C3)c12. The van der Waals surface area contributed by atoms with Crippen LogP contribution in [0.3, 0.4) is 0 Å². The van der Waals surface area contributed by atoms with Crippen molar-refractivity contribution in [2.75, 3.05) is 18.0 Å². The summed E-state index contributed by atoms with van der Waals surface area (Å²) in [6.45, 7) is 3.90. The Kier molecular flexibility index (Phi) is 2.84. The van der Waals surface area contributed by atoms with Crippen LogP contribution in [0.1, 0.15) is 23.6 Å². The second kappa shape index (κ2) is 4.84. The molecule has 5 nitrogen and oxygen atoms in total. The van der Waals surface area contributed by atoms with E-state index in [0.29, 0.717) is 11.6 Å². The highest BCUT2D eigenvalue weighted by molar-refractivity contribution is 5.88. The van der Waals surface area contributed by atoms with Crippen LogP contribution < -0.4 is 4.90 Å². The Labute approximate surface area is 122 Å². The number of anilines is 1. The van der Waals surface area contributed by atoms with Crippen molar-refractivity contribution in [1.29, 1.82) is 0 Å². The van der Waals surface area contributed by atoms with Crippen molar-refractivity contribution in [3.05, 3.63) is 47.9 Å². The zero-order valence-electron chi connectivity index (χ0n) is 11.9. The largest absolute Gasteiger partial charge is 0.355 e. The number of aromatic nitrogens is 3. The van der Waals surface area contributed by atoms with Crippen molar-refractivity contribution >= 4 is 16.9 Å². The molecule has 5 heteroatoms. The van der Waals surface area contributed by atoms with Gasteiger partial charge in [0.1, 0.15) is 17.5 Å². The van der Waals surface area contributed by atoms with Gasteiger partial charge in [-0.05, 0) is 18.9 Å². The van der Waals surface area contributed by atoms with Gasteiger partial charge >= 0.3 is 0 Å². The zero-order chi connectivity index (χ0) is 14.2. The molecule has 0 amide bonds. The molecule has 0 unspecified atom stereocenters. The van der Waals surface area contributed by atoms with Crippen LogP contribution in [0.25, 0.3) is 11.1 Å². The highest BCUT2D eigenvalue weighted by Gasteiger charge is 2.27. The Hall–Kier alpha value is -2.43. The van der Waals surface area contributed by atoms with E-state index in [9.17, 15) is 0 Å². The second-order valence-electron chi connectivity index (χ2n) is 5.49. The fraction of sp³-hybridized carbons (Fsp3) is 0.312. The molecule has 0 N–H and O–H groups in total. The van der Waals surface area contributed by atoms with E-state index in [1.807, 2.05) is 6.92 Å². The van der Waals surface area contributed by atoms with Gasteiger partial charge in [-0.1, -0.05) is 35.5 Å². The third-order valence-corrected chi connectivity index (χ3v) is 4.18. The first-order valence-corrected chi connectivity index (χ1v) is 7.20. The number of aryl methyl sites for hydroxylation is 1. The molecular weight excluding hydrogens is 264 g/mol. The topological polar surface area (TPSA) is 55.1 Å². The molecule has 1 aliphatic rings. The summed E-state index contributed by atoms with van der Waals surface area (Å²) in [6.07, 6.45) is 2.69. The Balaban J connectivity index is 1.67. The molecule has 21 heavy (non-hydrogen) atoms. The van der Waals surface area contributed by atoms with E-state index in [1.54, 1.807) is 6.33 Å². The van der Waals surface area contributed by atoms with Gasteiger partial charge in [0.2, 0.25) is 0 Å². The van der Waals surface area contributed by atoms with Crippen LogP contribution in [-0.2, 0) is 0 Å². The Bertz CT molecular complexity index is 768. The highest BCUT2D eigenvalue weighted by atomic mass is 16.5. The van der Waals surface area contributed by atoms with E-state index in [4.69, 9.17) is 4.52 Å². The lowest BCUT2D eigenvalue weighted by Gasteiger charge is -2.18. The number of hydrogen-bond acceptors (Lipinski definition) is 5. The molecule has 3 aromatic rings. The van der Waals surface area contributed by atoms with Crippen LogP contribution >= 0.6 is 0 Å². The van der Waals surface area contributed by atoms with Gasteiger partial charge in [0.05, 0.1) is 5.69 Å². The number of fused-ring (bicyclic) bond motifs is 1. The molecule has 0 bridgehead atoms. The smallest absolute Gasteiger partial charge is 0.263 e. The van der Waals surface area contributed by atoms with Crippen molar-refractivity contribution in [3.8, 4) is 0 Å². The minimum absolute atomic E-state index is 0.552. The van der Waals surface area contributed by atoms with Gasteiger partial charge < -0.3 is 9.42 Å². The Morgan fingerprint density at radius 1 is 1.19 bits per heavy atom. The van der Waals surface area contributed by atoms with Gasteiger partial charge in [0.25, 0.3) is 5.71 Å². The van der Waals surface area contributed by atoms with Crippen LogP contribution in [0, 0.1) is 6.92 Å². The van der Waals surface area contributed by atoms with Crippen molar-refractivity contribution in [1.82, 2.24) is 15.1 Å². The van der Waals surface area contributed by atoms with Crippen LogP contribution in [0.5, 0.6) is 0 Å². The molecule has 1 fully saturated rings. The maximum absolute atomic E-state index is 5.23. The summed E-state index contributed by atoms with van der Waals surface area (Å²) >= 11 is 0. The molecule has 0 radical (unpaired) electrons.